The molecule has 0 bridgehead atoms. The van der Waals surface area contributed by atoms with Crippen molar-refractivity contribution in [3.8, 4) is 0 Å². The van der Waals surface area contributed by atoms with E-state index in [9.17, 15) is 4.79 Å². The van der Waals surface area contributed by atoms with Gasteiger partial charge in [-0.25, -0.2) is 0 Å². The van der Waals surface area contributed by atoms with Crippen LogP contribution in [0.25, 0.3) is 0 Å². The van der Waals surface area contributed by atoms with Crippen LogP contribution in [0.4, 0.5) is 5.69 Å². The number of benzene rings is 2. The molecular weight excluding hydrogens is 358 g/mol. The lowest BCUT2D eigenvalue weighted by molar-refractivity contribution is -0.124. The van der Waals surface area contributed by atoms with Gasteiger partial charge in [-0.2, -0.15) is 0 Å². The molecule has 1 saturated heterocycles. The molecule has 4 nitrogen and oxygen atoms in total. The number of carbonyl (C=O) groups is 1. The lowest BCUT2D eigenvalue weighted by Crippen LogP contribution is -2.51. The van der Waals surface area contributed by atoms with Crippen LogP contribution in [0.3, 0.4) is 0 Å². The van der Waals surface area contributed by atoms with Gasteiger partial charge in [0, 0.05) is 25.0 Å². The molecule has 2 aromatic carbocycles. The molecule has 1 unspecified atom stereocenters. The molecule has 2 atom stereocenters. The van der Waals surface area contributed by atoms with Gasteiger partial charge in [0.15, 0.2) is 0 Å². The zero-order valence-corrected chi connectivity index (χ0v) is 16.4. The third-order valence-electron chi connectivity index (χ3n) is 6.51. The molecule has 4 heteroatoms. The molecule has 1 N–H and O–H groups in total. The highest BCUT2D eigenvalue weighted by molar-refractivity contribution is 6.02. The lowest BCUT2D eigenvalue weighted by Gasteiger charge is -2.42. The van der Waals surface area contributed by atoms with E-state index in [1.54, 1.807) is 0 Å². The number of likely N-dealkylation sites (tertiary alicyclic amines) is 1. The van der Waals surface area contributed by atoms with Crippen LogP contribution < -0.4 is 5.32 Å². The van der Waals surface area contributed by atoms with Crippen molar-refractivity contribution in [2.75, 3.05) is 18.4 Å². The van der Waals surface area contributed by atoms with Crippen LogP contribution >= 0.6 is 0 Å². The maximum atomic E-state index is 13.6. The standard InChI is InChI=1S/C25H25N3O/c29-24-25(20-9-2-1-3-10-20,16-19-8-4-5-12-23(19)27-24)21-13-15-28(17-21)18-22-11-6-7-14-26-22/h1-12,14,21H,13,15-18H2,(H,27,29)/t21-,25?/m1/s1. The molecule has 3 heterocycles. The molecular formula is C25H25N3O. The fourth-order valence-corrected chi connectivity index (χ4v) is 5.04. The van der Waals surface area contributed by atoms with Gasteiger partial charge in [0.2, 0.25) is 5.91 Å². The molecule has 2 aliphatic rings. The Hall–Kier alpha value is -2.98. The maximum absolute atomic E-state index is 13.6. The molecule has 1 aromatic heterocycles. The Kier molecular flexibility index (Phi) is 4.64. The topological polar surface area (TPSA) is 45.2 Å². The van der Waals surface area contributed by atoms with Crippen molar-refractivity contribution in [3.05, 3.63) is 95.8 Å². The van der Waals surface area contributed by atoms with E-state index in [1.165, 1.54) is 5.56 Å². The number of fused-ring (bicyclic) bond motifs is 1. The fourth-order valence-electron chi connectivity index (χ4n) is 5.04. The maximum Gasteiger partial charge on any atom is 0.235 e. The van der Waals surface area contributed by atoms with Gasteiger partial charge in [-0.05, 0) is 54.6 Å². The molecule has 2 aliphatic heterocycles. The van der Waals surface area contributed by atoms with Crippen LogP contribution in [0.2, 0.25) is 0 Å². The monoisotopic (exact) mass is 383 g/mol. The van der Waals surface area contributed by atoms with Crippen LogP contribution in [0.15, 0.2) is 79.0 Å². The predicted molar refractivity (Wildman–Crippen MR) is 115 cm³/mol. The van der Waals surface area contributed by atoms with Crippen LogP contribution in [0.5, 0.6) is 0 Å². The summed E-state index contributed by atoms with van der Waals surface area (Å²) in [4.78, 5) is 20.5. The van der Waals surface area contributed by atoms with Gasteiger partial charge < -0.3 is 5.32 Å². The molecule has 0 saturated carbocycles. The number of amides is 1. The number of nitrogens with zero attached hydrogens (tertiary/aromatic N) is 2. The Morgan fingerprint density at radius 3 is 2.62 bits per heavy atom. The summed E-state index contributed by atoms with van der Waals surface area (Å²) in [5.74, 6) is 0.397. The Balaban J connectivity index is 1.49. The van der Waals surface area contributed by atoms with Gasteiger partial charge in [-0.1, -0.05) is 54.6 Å². The Labute approximate surface area is 171 Å². The summed E-state index contributed by atoms with van der Waals surface area (Å²) in [5, 5.41) is 3.22. The Morgan fingerprint density at radius 2 is 1.79 bits per heavy atom. The number of hydrogen-bond donors (Lipinski definition) is 1. The quantitative estimate of drug-likeness (QED) is 0.740. The number of hydrogen-bond acceptors (Lipinski definition) is 3. The second-order valence-corrected chi connectivity index (χ2v) is 8.17. The summed E-state index contributed by atoms with van der Waals surface area (Å²) in [6, 6.07) is 24.6. The summed E-state index contributed by atoms with van der Waals surface area (Å²) < 4.78 is 0. The number of pyridine rings is 1. The highest BCUT2D eigenvalue weighted by atomic mass is 16.2. The summed E-state index contributed by atoms with van der Waals surface area (Å²) >= 11 is 0. The van der Waals surface area contributed by atoms with Crippen LogP contribution in [-0.4, -0.2) is 28.9 Å². The first-order valence-electron chi connectivity index (χ1n) is 10.3. The van der Waals surface area contributed by atoms with E-state index >= 15 is 0 Å². The average Bonchev–Trinajstić information content (AvgIpc) is 3.23. The molecule has 5 rings (SSSR count). The number of para-hydroxylation sites is 1. The van der Waals surface area contributed by atoms with E-state index in [-0.39, 0.29) is 11.8 Å². The minimum Gasteiger partial charge on any atom is -0.325 e. The third kappa shape index (κ3) is 3.23. The first kappa shape index (κ1) is 18.1. The van der Waals surface area contributed by atoms with Crippen molar-refractivity contribution in [2.24, 2.45) is 5.92 Å². The van der Waals surface area contributed by atoms with Crippen molar-refractivity contribution in [3.63, 3.8) is 0 Å². The number of aromatic nitrogens is 1. The van der Waals surface area contributed by atoms with Gasteiger partial charge in [-0.15, -0.1) is 0 Å². The van der Waals surface area contributed by atoms with Crippen LogP contribution in [-0.2, 0) is 23.2 Å². The third-order valence-corrected chi connectivity index (χ3v) is 6.51. The second kappa shape index (κ2) is 7.45. The molecule has 1 amide bonds. The van der Waals surface area contributed by atoms with Gasteiger partial charge in [-0.3, -0.25) is 14.7 Å². The van der Waals surface area contributed by atoms with Crippen LogP contribution in [0.1, 0.15) is 23.2 Å². The first-order valence-corrected chi connectivity index (χ1v) is 10.3. The van der Waals surface area contributed by atoms with E-state index in [0.29, 0.717) is 0 Å². The zero-order chi connectivity index (χ0) is 19.7. The number of nitrogens with one attached hydrogen (secondary N) is 1. The van der Waals surface area contributed by atoms with E-state index in [2.05, 4.69) is 45.5 Å². The van der Waals surface area contributed by atoms with E-state index < -0.39 is 5.41 Å². The van der Waals surface area contributed by atoms with Crippen molar-refractivity contribution in [1.82, 2.24) is 9.88 Å². The van der Waals surface area contributed by atoms with Gasteiger partial charge >= 0.3 is 0 Å². The van der Waals surface area contributed by atoms with Crippen LogP contribution in [0, 0.1) is 5.92 Å². The molecule has 0 aliphatic carbocycles. The smallest absolute Gasteiger partial charge is 0.235 e. The van der Waals surface area contributed by atoms with Crippen molar-refractivity contribution >= 4 is 11.6 Å². The van der Waals surface area contributed by atoms with E-state index in [1.807, 2.05) is 48.7 Å². The highest BCUT2D eigenvalue weighted by Crippen LogP contribution is 2.45. The normalized spacial score (nSPS) is 24.1. The summed E-state index contributed by atoms with van der Waals surface area (Å²) in [6.45, 7) is 2.73. The number of carbonyl (C=O) groups excluding carboxylic acids is 1. The van der Waals surface area contributed by atoms with E-state index in [0.717, 1.165) is 49.4 Å². The van der Waals surface area contributed by atoms with Crippen molar-refractivity contribution in [2.45, 2.75) is 24.8 Å². The molecule has 0 spiro atoms. The van der Waals surface area contributed by atoms with Gasteiger partial charge in [0.1, 0.15) is 0 Å². The fraction of sp³-hybridized carbons (Fsp3) is 0.280. The lowest BCUT2D eigenvalue weighted by atomic mass is 9.64. The van der Waals surface area contributed by atoms with Crippen molar-refractivity contribution in [1.29, 1.82) is 0 Å². The molecule has 0 radical (unpaired) electrons. The number of rotatable bonds is 4. The highest BCUT2D eigenvalue weighted by Gasteiger charge is 2.51. The summed E-state index contributed by atoms with van der Waals surface area (Å²) in [5.41, 5.74) is 3.85. The summed E-state index contributed by atoms with van der Waals surface area (Å²) in [6.07, 6.45) is 3.61. The minimum atomic E-state index is -0.533. The molecule has 1 fully saturated rings. The molecule has 146 valence electrons. The molecule has 29 heavy (non-hydrogen) atoms. The van der Waals surface area contributed by atoms with Crippen molar-refractivity contribution < 1.29 is 4.79 Å². The molecule has 3 aromatic rings. The number of anilines is 1. The van der Waals surface area contributed by atoms with Gasteiger partial charge in [0.25, 0.3) is 0 Å². The Bertz CT molecular complexity index is 1000. The second-order valence-electron chi connectivity index (χ2n) is 8.17. The zero-order valence-electron chi connectivity index (χ0n) is 16.4. The largest absolute Gasteiger partial charge is 0.325 e. The average molecular weight is 383 g/mol. The van der Waals surface area contributed by atoms with Gasteiger partial charge in [0.05, 0.1) is 11.1 Å². The minimum absolute atomic E-state index is 0.132. The Morgan fingerprint density at radius 1 is 1.00 bits per heavy atom. The first-order chi connectivity index (χ1) is 14.3. The summed E-state index contributed by atoms with van der Waals surface area (Å²) in [7, 11) is 0. The SMILES string of the molecule is O=C1Nc2ccccc2CC1(c1ccccc1)[C@@H]1CCN(Cc2ccccn2)C1. The van der Waals surface area contributed by atoms with E-state index in [4.69, 9.17) is 0 Å². The predicted octanol–water partition coefficient (Wildman–Crippen LogP) is 4.04.